The zero-order chi connectivity index (χ0) is 13.8. The van der Waals surface area contributed by atoms with Gasteiger partial charge in [-0.2, -0.15) is 0 Å². The Bertz CT molecular complexity index is 470. The number of carboxylic acids is 1. The van der Waals surface area contributed by atoms with E-state index in [4.69, 9.17) is 9.84 Å². The number of hydrogen-bond acceptors (Lipinski definition) is 4. The molecule has 0 radical (unpaired) electrons. The number of ether oxygens (including phenoxy) is 1. The van der Waals surface area contributed by atoms with E-state index in [2.05, 4.69) is 0 Å². The summed E-state index contributed by atoms with van der Waals surface area (Å²) < 4.78 is 5.31. The van der Waals surface area contributed by atoms with Gasteiger partial charge in [-0.05, 0) is 30.7 Å². The van der Waals surface area contributed by atoms with Crippen LogP contribution in [0.15, 0.2) is 24.3 Å². The average molecular weight is 265 g/mol. The molecule has 2 N–H and O–H groups in total. The minimum Gasteiger partial charge on any atom is -0.508 e. The highest BCUT2D eigenvalue weighted by Crippen LogP contribution is 2.22. The Morgan fingerprint density at radius 3 is 2.68 bits per heavy atom. The van der Waals surface area contributed by atoms with Gasteiger partial charge in [0.2, 0.25) is 0 Å². The minimum atomic E-state index is -0.878. The summed E-state index contributed by atoms with van der Waals surface area (Å²) >= 11 is 0. The SMILES string of the molecule is O=C(O)CCC1CN(c2ccc(O)cc2)C(=O)CO1. The molecule has 1 amide bonds. The van der Waals surface area contributed by atoms with Crippen molar-refractivity contribution in [3.05, 3.63) is 24.3 Å². The average Bonchev–Trinajstić information content (AvgIpc) is 2.39. The molecule has 6 nitrogen and oxygen atoms in total. The number of aromatic hydroxyl groups is 1. The predicted octanol–water partition coefficient (Wildman–Crippen LogP) is 0.989. The summed E-state index contributed by atoms with van der Waals surface area (Å²) in [4.78, 5) is 23.9. The van der Waals surface area contributed by atoms with Gasteiger partial charge in [0.1, 0.15) is 12.4 Å². The Kier molecular flexibility index (Phi) is 4.01. The van der Waals surface area contributed by atoms with Crippen LogP contribution >= 0.6 is 0 Å². The zero-order valence-electron chi connectivity index (χ0n) is 10.3. The largest absolute Gasteiger partial charge is 0.508 e. The Morgan fingerprint density at radius 1 is 1.37 bits per heavy atom. The summed E-state index contributed by atoms with van der Waals surface area (Å²) in [7, 11) is 0. The number of anilines is 1. The monoisotopic (exact) mass is 265 g/mol. The molecule has 1 aromatic carbocycles. The molecule has 1 fully saturated rings. The van der Waals surface area contributed by atoms with E-state index in [0.29, 0.717) is 18.7 Å². The van der Waals surface area contributed by atoms with Crippen molar-refractivity contribution in [1.82, 2.24) is 0 Å². The van der Waals surface area contributed by atoms with Crippen LogP contribution in [-0.2, 0) is 14.3 Å². The molecule has 6 heteroatoms. The third-order valence-electron chi connectivity index (χ3n) is 2.97. The lowest BCUT2D eigenvalue weighted by Gasteiger charge is -2.32. The summed E-state index contributed by atoms with van der Waals surface area (Å²) in [5.74, 6) is -0.916. The molecular formula is C13H15NO5. The van der Waals surface area contributed by atoms with E-state index in [0.717, 1.165) is 0 Å². The highest BCUT2D eigenvalue weighted by molar-refractivity contribution is 5.95. The fourth-order valence-electron chi connectivity index (χ4n) is 1.97. The van der Waals surface area contributed by atoms with Crippen LogP contribution in [0.5, 0.6) is 5.75 Å². The molecule has 1 atom stereocenters. The van der Waals surface area contributed by atoms with Gasteiger partial charge in [0.25, 0.3) is 5.91 Å². The summed E-state index contributed by atoms with van der Waals surface area (Å²) in [6, 6.07) is 6.30. The second kappa shape index (κ2) is 5.71. The molecular weight excluding hydrogens is 250 g/mol. The fraction of sp³-hybridized carbons (Fsp3) is 0.385. The predicted molar refractivity (Wildman–Crippen MR) is 67.1 cm³/mol. The van der Waals surface area contributed by atoms with Gasteiger partial charge in [0, 0.05) is 12.1 Å². The summed E-state index contributed by atoms with van der Waals surface area (Å²) in [5, 5.41) is 17.9. The van der Waals surface area contributed by atoms with E-state index in [9.17, 15) is 14.7 Å². The first-order valence-electron chi connectivity index (χ1n) is 5.99. The lowest BCUT2D eigenvalue weighted by atomic mass is 10.1. The maximum absolute atomic E-state index is 11.8. The molecule has 0 saturated carbocycles. The number of phenolic OH excluding ortho intramolecular Hbond substituents is 1. The van der Waals surface area contributed by atoms with Crippen molar-refractivity contribution in [1.29, 1.82) is 0 Å². The van der Waals surface area contributed by atoms with Crippen molar-refractivity contribution < 1.29 is 24.5 Å². The van der Waals surface area contributed by atoms with Crippen LogP contribution in [-0.4, -0.2) is 41.3 Å². The smallest absolute Gasteiger partial charge is 0.303 e. The number of phenols is 1. The van der Waals surface area contributed by atoms with Crippen molar-refractivity contribution in [2.45, 2.75) is 18.9 Å². The van der Waals surface area contributed by atoms with Crippen molar-refractivity contribution >= 4 is 17.6 Å². The molecule has 1 saturated heterocycles. The zero-order valence-corrected chi connectivity index (χ0v) is 10.3. The normalized spacial score (nSPS) is 19.5. The molecule has 0 spiro atoms. The fourth-order valence-corrected chi connectivity index (χ4v) is 1.97. The minimum absolute atomic E-state index is 0.0161. The molecule has 1 aliphatic rings. The first kappa shape index (κ1) is 13.4. The summed E-state index contributed by atoms with van der Waals surface area (Å²) in [5.41, 5.74) is 0.673. The highest BCUT2D eigenvalue weighted by atomic mass is 16.5. The second-order valence-electron chi connectivity index (χ2n) is 4.39. The summed E-state index contributed by atoms with van der Waals surface area (Å²) in [6.07, 6.45) is 0.113. The first-order valence-corrected chi connectivity index (χ1v) is 5.99. The Morgan fingerprint density at radius 2 is 2.05 bits per heavy atom. The molecule has 0 bridgehead atoms. The molecule has 1 aliphatic heterocycles. The van der Waals surface area contributed by atoms with Gasteiger partial charge >= 0.3 is 5.97 Å². The molecule has 19 heavy (non-hydrogen) atoms. The van der Waals surface area contributed by atoms with Gasteiger partial charge in [-0.3, -0.25) is 9.59 Å². The highest BCUT2D eigenvalue weighted by Gasteiger charge is 2.27. The van der Waals surface area contributed by atoms with Gasteiger partial charge in [-0.1, -0.05) is 0 Å². The number of aliphatic carboxylic acids is 1. The van der Waals surface area contributed by atoms with Gasteiger partial charge in [-0.25, -0.2) is 0 Å². The number of amides is 1. The molecule has 2 rings (SSSR count). The quantitative estimate of drug-likeness (QED) is 0.847. The van der Waals surface area contributed by atoms with Crippen molar-refractivity contribution in [2.24, 2.45) is 0 Å². The number of morpholine rings is 1. The molecule has 1 heterocycles. The van der Waals surface area contributed by atoms with Crippen LogP contribution in [0.3, 0.4) is 0 Å². The second-order valence-corrected chi connectivity index (χ2v) is 4.39. The first-order chi connectivity index (χ1) is 9.06. The number of rotatable bonds is 4. The van der Waals surface area contributed by atoms with Crippen LogP contribution in [0.25, 0.3) is 0 Å². The lowest BCUT2D eigenvalue weighted by Crippen LogP contribution is -2.46. The van der Waals surface area contributed by atoms with Gasteiger partial charge in [-0.15, -0.1) is 0 Å². The van der Waals surface area contributed by atoms with E-state index >= 15 is 0 Å². The van der Waals surface area contributed by atoms with E-state index in [1.54, 1.807) is 17.0 Å². The van der Waals surface area contributed by atoms with Crippen LogP contribution in [0.1, 0.15) is 12.8 Å². The molecule has 0 aliphatic carbocycles. The number of carbonyl (C=O) groups excluding carboxylic acids is 1. The number of benzene rings is 1. The standard InChI is InChI=1S/C13H15NO5/c15-10-3-1-9(2-4-10)14-7-11(5-6-13(17)18)19-8-12(14)16/h1-4,11,15H,5-8H2,(H,17,18). The Hall–Kier alpha value is -2.08. The number of nitrogens with zero attached hydrogens (tertiary/aromatic N) is 1. The Balaban J connectivity index is 2.04. The molecule has 1 unspecified atom stereocenters. The Labute approximate surface area is 110 Å². The number of carboxylic acid groups (broad SMARTS) is 1. The molecule has 1 aromatic rings. The van der Waals surface area contributed by atoms with Crippen LogP contribution in [0.4, 0.5) is 5.69 Å². The van der Waals surface area contributed by atoms with Gasteiger partial charge < -0.3 is 19.8 Å². The van der Waals surface area contributed by atoms with Gasteiger partial charge in [0.05, 0.1) is 12.6 Å². The maximum Gasteiger partial charge on any atom is 0.303 e. The van der Waals surface area contributed by atoms with Crippen molar-refractivity contribution in [3.8, 4) is 5.75 Å². The van der Waals surface area contributed by atoms with Crippen molar-refractivity contribution in [3.63, 3.8) is 0 Å². The molecule has 0 aromatic heterocycles. The van der Waals surface area contributed by atoms with Crippen LogP contribution in [0, 0.1) is 0 Å². The van der Waals surface area contributed by atoms with E-state index < -0.39 is 5.97 Å². The third-order valence-corrected chi connectivity index (χ3v) is 2.97. The van der Waals surface area contributed by atoms with E-state index in [1.165, 1.54) is 12.1 Å². The van der Waals surface area contributed by atoms with Gasteiger partial charge in [0.15, 0.2) is 0 Å². The third kappa shape index (κ3) is 3.45. The lowest BCUT2D eigenvalue weighted by molar-refractivity contribution is -0.138. The summed E-state index contributed by atoms with van der Waals surface area (Å²) in [6.45, 7) is 0.280. The molecule has 102 valence electrons. The number of carbonyl (C=O) groups is 2. The van der Waals surface area contributed by atoms with Crippen LogP contribution in [0.2, 0.25) is 0 Å². The van der Waals surface area contributed by atoms with Crippen molar-refractivity contribution in [2.75, 3.05) is 18.1 Å². The van der Waals surface area contributed by atoms with Crippen LogP contribution < -0.4 is 4.90 Å². The number of hydrogen-bond donors (Lipinski definition) is 2. The van der Waals surface area contributed by atoms with E-state index in [1.807, 2.05) is 0 Å². The topological polar surface area (TPSA) is 87.1 Å². The van der Waals surface area contributed by atoms with E-state index in [-0.39, 0.29) is 30.8 Å². The maximum atomic E-state index is 11.8.